The van der Waals surface area contributed by atoms with Crippen LogP contribution in [0.5, 0.6) is 0 Å². The first-order valence-corrected chi connectivity index (χ1v) is 6.49. The minimum Gasteiger partial charge on any atom is -0.329 e. The lowest BCUT2D eigenvalue weighted by atomic mass is 10.2. The maximum absolute atomic E-state index is 12.9. The van der Waals surface area contributed by atoms with Gasteiger partial charge in [0, 0.05) is 29.7 Å². The van der Waals surface area contributed by atoms with Crippen molar-refractivity contribution in [3.63, 3.8) is 0 Å². The third-order valence-corrected chi connectivity index (χ3v) is 3.99. The van der Waals surface area contributed by atoms with E-state index in [4.69, 9.17) is 0 Å². The van der Waals surface area contributed by atoms with Crippen molar-refractivity contribution < 1.29 is 4.39 Å². The molecule has 1 aromatic heterocycles. The summed E-state index contributed by atoms with van der Waals surface area (Å²) in [5.41, 5.74) is 1.06. The Morgan fingerprint density at radius 3 is 2.94 bits per heavy atom. The third-order valence-electron chi connectivity index (χ3n) is 2.15. The molecule has 5 heteroatoms. The summed E-state index contributed by atoms with van der Waals surface area (Å²) in [6, 6.07) is 4.74. The minimum atomic E-state index is -0.224. The maximum atomic E-state index is 12.9. The Morgan fingerprint density at radius 2 is 2.31 bits per heavy atom. The largest absolute Gasteiger partial charge is 0.329 e. The quantitative estimate of drug-likeness (QED) is 0.806. The second-order valence-corrected chi connectivity index (χ2v) is 5.14. The molecule has 0 fully saturated rings. The summed E-state index contributed by atoms with van der Waals surface area (Å²) in [6.07, 6.45) is 3.67. The van der Waals surface area contributed by atoms with E-state index in [0.29, 0.717) is 0 Å². The molecule has 1 aromatic carbocycles. The van der Waals surface area contributed by atoms with Gasteiger partial charge < -0.3 is 4.57 Å². The molecule has 0 radical (unpaired) electrons. The molecule has 0 bridgehead atoms. The molecule has 0 aliphatic rings. The Morgan fingerprint density at radius 1 is 1.50 bits per heavy atom. The first-order chi connectivity index (χ1) is 7.66. The van der Waals surface area contributed by atoms with Gasteiger partial charge in [-0.1, -0.05) is 33.8 Å². The second-order valence-electron chi connectivity index (χ2n) is 3.35. The van der Waals surface area contributed by atoms with Crippen LogP contribution in [0.15, 0.2) is 40.2 Å². The van der Waals surface area contributed by atoms with Gasteiger partial charge in [0.1, 0.15) is 5.82 Å². The van der Waals surface area contributed by atoms with Gasteiger partial charge in [-0.2, -0.15) is 0 Å². The highest BCUT2D eigenvalue weighted by Gasteiger charge is 2.04. The Balaban J connectivity index is 2.08. The summed E-state index contributed by atoms with van der Waals surface area (Å²) in [5, 5.41) is 0.955. The number of hydrogen-bond acceptors (Lipinski definition) is 2. The minimum absolute atomic E-state index is 0.224. The number of benzene rings is 1. The zero-order valence-corrected chi connectivity index (χ0v) is 11.1. The van der Waals surface area contributed by atoms with Crippen LogP contribution in [0.3, 0.4) is 0 Å². The molecule has 0 unspecified atom stereocenters. The lowest BCUT2D eigenvalue weighted by Gasteiger charge is -2.04. The van der Waals surface area contributed by atoms with E-state index >= 15 is 0 Å². The molecule has 0 spiro atoms. The molecule has 2 aromatic rings. The van der Waals surface area contributed by atoms with Crippen molar-refractivity contribution in [2.24, 2.45) is 7.05 Å². The van der Waals surface area contributed by atoms with E-state index in [1.807, 2.05) is 17.8 Å². The van der Waals surface area contributed by atoms with E-state index < -0.39 is 0 Å². The number of nitrogens with zero attached hydrogens (tertiary/aromatic N) is 2. The van der Waals surface area contributed by atoms with Crippen molar-refractivity contribution in [3.05, 3.63) is 46.4 Å². The highest BCUT2D eigenvalue weighted by Crippen LogP contribution is 2.26. The van der Waals surface area contributed by atoms with Crippen molar-refractivity contribution in [2.75, 3.05) is 0 Å². The van der Waals surface area contributed by atoms with E-state index in [-0.39, 0.29) is 5.82 Å². The molecule has 0 saturated heterocycles. The number of aromatic nitrogens is 2. The fraction of sp³-hybridized carbons (Fsp3) is 0.182. The molecule has 1 heterocycles. The molecule has 0 atom stereocenters. The van der Waals surface area contributed by atoms with Crippen LogP contribution in [0.4, 0.5) is 4.39 Å². The Labute approximate surface area is 106 Å². The van der Waals surface area contributed by atoms with E-state index in [9.17, 15) is 4.39 Å². The van der Waals surface area contributed by atoms with Gasteiger partial charge in [0.05, 0.1) is 0 Å². The van der Waals surface area contributed by atoms with Gasteiger partial charge in [0.25, 0.3) is 0 Å². The smallest absolute Gasteiger partial charge is 0.167 e. The summed E-state index contributed by atoms with van der Waals surface area (Å²) in [5.74, 6) is 0.545. The predicted octanol–water partition coefficient (Wildman–Crippen LogP) is 3.61. The molecule has 2 rings (SSSR count). The summed E-state index contributed by atoms with van der Waals surface area (Å²) in [4.78, 5) is 4.21. The fourth-order valence-corrected chi connectivity index (χ4v) is 2.88. The lowest BCUT2D eigenvalue weighted by molar-refractivity contribution is 0.626. The van der Waals surface area contributed by atoms with Crippen molar-refractivity contribution in [2.45, 2.75) is 10.9 Å². The monoisotopic (exact) mass is 300 g/mol. The maximum Gasteiger partial charge on any atom is 0.167 e. The summed E-state index contributed by atoms with van der Waals surface area (Å²) in [7, 11) is 1.95. The van der Waals surface area contributed by atoms with Gasteiger partial charge in [-0.15, -0.1) is 0 Å². The number of rotatable bonds is 3. The van der Waals surface area contributed by atoms with Gasteiger partial charge >= 0.3 is 0 Å². The lowest BCUT2D eigenvalue weighted by Crippen LogP contribution is -1.90. The highest BCUT2D eigenvalue weighted by molar-refractivity contribution is 9.10. The fourth-order valence-electron chi connectivity index (χ4n) is 1.27. The van der Waals surface area contributed by atoms with Crippen LogP contribution in [-0.2, 0) is 12.8 Å². The summed E-state index contributed by atoms with van der Waals surface area (Å²) < 4.78 is 15.6. The van der Waals surface area contributed by atoms with Crippen molar-refractivity contribution >= 4 is 27.7 Å². The Kier molecular flexibility index (Phi) is 3.66. The van der Waals surface area contributed by atoms with Crippen LogP contribution in [0.1, 0.15) is 5.56 Å². The van der Waals surface area contributed by atoms with Gasteiger partial charge in [0.2, 0.25) is 0 Å². The average Bonchev–Trinajstić information content (AvgIpc) is 2.63. The zero-order chi connectivity index (χ0) is 11.5. The van der Waals surface area contributed by atoms with Crippen LogP contribution in [-0.4, -0.2) is 9.55 Å². The number of halogens is 2. The molecular weight excluding hydrogens is 291 g/mol. The number of hydrogen-bond donors (Lipinski definition) is 0. The van der Waals surface area contributed by atoms with Crippen LogP contribution in [0.25, 0.3) is 0 Å². The van der Waals surface area contributed by atoms with E-state index in [1.54, 1.807) is 24.0 Å². The Hall–Kier alpha value is -0.810. The SMILES string of the molecule is Cn1ccnc1SCc1ccc(F)cc1Br. The van der Waals surface area contributed by atoms with Crippen LogP contribution in [0, 0.1) is 5.82 Å². The molecule has 0 amide bonds. The number of thioether (sulfide) groups is 1. The van der Waals surface area contributed by atoms with Crippen molar-refractivity contribution in [3.8, 4) is 0 Å². The zero-order valence-electron chi connectivity index (χ0n) is 8.65. The summed E-state index contributed by atoms with van der Waals surface area (Å²) in [6.45, 7) is 0. The van der Waals surface area contributed by atoms with Gasteiger partial charge in [-0.3, -0.25) is 0 Å². The number of aryl methyl sites for hydroxylation is 1. The van der Waals surface area contributed by atoms with E-state index in [1.165, 1.54) is 12.1 Å². The topological polar surface area (TPSA) is 17.8 Å². The van der Waals surface area contributed by atoms with Crippen LogP contribution < -0.4 is 0 Å². The van der Waals surface area contributed by atoms with Gasteiger partial charge in [0.15, 0.2) is 5.16 Å². The van der Waals surface area contributed by atoms with Crippen LogP contribution >= 0.6 is 27.7 Å². The van der Waals surface area contributed by atoms with Gasteiger partial charge in [-0.05, 0) is 17.7 Å². The summed E-state index contributed by atoms with van der Waals surface area (Å²) >= 11 is 4.98. The molecule has 2 nitrogen and oxygen atoms in total. The Bertz CT molecular complexity index is 498. The standard InChI is InChI=1S/C11H10BrFN2S/c1-15-5-4-14-11(15)16-7-8-2-3-9(13)6-10(8)12/h2-6H,7H2,1H3. The molecule has 16 heavy (non-hydrogen) atoms. The normalized spacial score (nSPS) is 10.7. The number of imidazole rings is 1. The first-order valence-electron chi connectivity index (χ1n) is 4.71. The van der Waals surface area contributed by atoms with Crippen molar-refractivity contribution in [1.82, 2.24) is 9.55 Å². The molecule has 0 aliphatic heterocycles. The predicted molar refractivity (Wildman–Crippen MR) is 66.9 cm³/mol. The van der Waals surface area contributed by atoms with E-state index in [0.717, 1.165) is 20.9 Å². The highest BCUT2D eigenvalue weighted by atomic mass is 79.9. The molecule has 0 saturated carbocycles. The molecule has 0 N–H and O–H groups in total. The third kappa shape index (κ3) is 2.65. The van der Waals surface area contributed by atoms with Crippen molar-refractivity contribution in [1.29, 1.82) is 0 Å². The molecule has 84 valence electrons. The molecular formula is C11H10BrFN2S. The second kappa shape index (κ2) is 5.01. The van der Waals surface area contributed by atoms with Crippen LogP contribution in [0.2, 0.25) is 0 Å². The average molecular weight is 301 g/mol. The first kappa shape index (κ1) is 11.7. The van der Waals surface area contributed by atoms with Gasteiger partial charge in [-0.25, -0.2) is 9.37 Å². The molecule has 0 aliphatic carbocycles. The van der Waals surface area contributed by atoms with E-state index in [2.05, 4.69) is 20.9 Å².